The lowest BCUT2D eigenvalue weighted by molar-refractivity contribution is -0.114. The van der Waals surface area contributed by atoms with Crippen LogP contribution in [0.15, 0.2) is 23.1 Å². The van der Waals surface area contributed by atoms with Gasteiger partial charge in [-0.15, -0.1) is 0 Å². The minimum atomic E-state index is -3.58. The van der Waals surface area contributed by atoms with Crippen LogP contribution in [0.5, 0.6) is 5.75 Å². The molecule has 1 amide bonds. The molecule has 0 unspecified atom stereocenters. The van der Waals surface area contributed by atoms with Crippen LogP contribution < -0.4 is 10.1 Å². The highest BCUT2D eigenvalue weighted by molar-refractivity contribution is 7.89. The zero-order valence-electron chi connectivity index (χ0n) is 11.5. The van der Waals surface area contributed by atoms with Gasteiger partial charge in [0.15, 0.2) is 0 Å². The van der Waals surface area contributed by atoms with Gasteiger partial charge in [-0.2, -0.15) is 4.31 Å². The molecule has 1 fully saturated rings. The number of amides is 1. The summed E-state index contributed by atoms with van der Waals surface area (Å²) in [5.74, 6) is 0.0330. The van der Waals surface area contributed by atoms with Crippen molar-refractivity contribution in [2.45, 2.75) is 24.7 Å². The van der Waals surface area contributed by atoms with E-state index in [2.05, 4.69) is 5.32 Å². The molecule has 1 aromatic rings. The minimum Gasteiger partial charge on any atom is -0.495 e. The van der Waals surface area contributed by atoms with Crippen LogP contribution in [0.25, 0.3) is 0 Å². The number of hydrogen-bond donors (Lipinski definition) is 1. The molecule has 0 atom stereocenters. The van der Waals surface area contributed by atoms with Crippen molar-refractivity contribution >= 4 is 21.6 Å². The number of anilines is 1. The lowest BCUT2D eigenvalue weighted by Crippen LogP contribution is -2.28. The summed E-state index contributed by atoms with van der Waals surface area (Å²) in [6, 6.07) is 4.60. The average molecular weight is 298 g/mol. The normalized spacial score (nSPS) is 16.1. The minimum absolute atomic E-state index is 0.0909. The molecule has 7 heteroatoms. The SMILES string of the molecule is COc1ccc(NC(C)=O)cc1S(=O)(=O)N1CCCC1. The van der Waals surface area contributed by atoms with E-state index in [0.29, 0.717) is 18.8 Å². The Morgan fingerprint density at radius 1 is 1.30 bits per heavy atom. The molecular formula is C13H18N2O4S. The first-order valence-electron chi connectivity index (χ1n) is 6.41. The topological polar surface area (TPSA) is 75.7 Å². The van der Waals surface area contributed by atoms with Crippen LogP contribution in [0.4, 0.5) is 5.69 Å². The second kappa shape index (κ2) is 5.80. The highest BCUT2D eigenvalue weighted by Gasteiger charge is 2.30. The first kappa shape index (κ1) is 14.8. The van der Waals surface area contributed by atoms with Gasteiger partial charge in [0.25, 0.3) is 0 Å². The first-order chi connectivity index (χ1) is 9.45. The highest BCUT2D eigenvalue weighted by Crippen LogP contribution is 2.31. The fourth-order valence-corrected chi connectivity index (χ4v) is 3.93. The Kier molecular flexibility index (Phi) is 4.29. The number of carbonyl (C=O) groups is 1. The monoisotopic (exact) mass is 298 g/mol. The van der Waals surface area contributed by atoms with Gasteiger partial charge in [0.2, 0.25) is 15.9 Å². The Bertz CT molecular complexity index is 607. The quantitative estimate of drug-likeness (QED) is 0.912. The van der Waals surface area contributed by atoms with Crippen molar-refractivity contribution in [3.05, 3.63) is 18.2 Å². The lowest BCUT2D eigenvalue weighted by atomic mass is 10.3. The van der Waals surface area contributed by atoms with Gasteiger partial charge < -0.3 is 10.1 Å². The number of rotatable bonds is 4. The molecule has 0 spiro atoms. The Hall–Kier alpha value is -1.60. The molecule has 1 heterocycles. The number of methoxy groups -OCH3 is 1. The Morgan fingerprint density at radius 3 is 2.50 bits per heavy atom. The Balaban J connectivity index is 2.44. The van der Waals surface area contributed by atoms with Gasteiger partial charge >= 0.3 is 0 Å². The maximum absolute atomic E-state index is 12.6. The largest absolute Gasteiger partial charge is 0.495 e. The second-order valence-electron chi connectivity index (χ2n) is 4.66. The van der Waals surface area contributed by atoms with Crippen molar-refractivity contribution in [3.63, 3.8) is 0 Å². The van der Waals surface area contributed by atoms with Crippen LogP contribution in [0, 0.1) is 0 Å². The molecule has 110 valence electrons. The van der Waals surface area contributed by atoms with Crippen LogP contribution >= 0.6 is 0 Å². The molecule has 0 aromatic heterocycles. The van der Waals surface area contributed by atoms with Gasteiger partial charge in [-0.3, -0.25) is 4.79 Å². The van der Waals surface area contributed by atoms with E-state index in [0.717, 1.165) is 12.8 Å². The van der Waals surface area contributed by atoms with Gasteiger partial charge in [-0.1, -0.05) is 0 Å². The van der Waals surface area contributed by atoms with E-state index in [4.69, 9.17) is 4.74 Å². The van der Waals surface area contributed by atoms with E-state index in [-0.39, 0.29) is 16.6 Å². The van der Waals surface area contributed by atoms with Crippen LogP contribution in [0.3, 0.4) is 0 Å². The molecule has 0 saturated carbocycles. The average Bonchev–Trinajstić information content (AvgIpc) is 2.92. The number of nitrogens with zero attached hydrogens (tertiary/aromatic N) is 1. The van der Waals surface area contributed by atoms with Crippen molar-refractivity contribution in [2.24, 2.45) is 0 Å². The van der Waals surface area contributed by atoms with Crippen LogP contribution in [-0.2, 0) is 14.8 Å². The van der Waals surface area contributed by atoms with Gasteiger partial charge in [0.1, 0.15) is 10.6 Å². The Morgan fingerprint density at radius 2 is 1.95 bits per heavy atom. The summed E-state index contributed by atoms with van der Waals surface area (Å²) in [5.41, 5.74) is 0.441. The second-order valence-corrected chi connectivity index (χ2v) is 6.56. The molecule has 1 N–H and O–H groups in total. The molecule has 1 saturated heterocycles. The molecule has 6 nitrogen and oxygen atoms in total. The molecule has 1 aromatic carbocycles. The molecule has 0 aliphatic carbocycles. The van der Waals surface area contributed by atoms with E-state index in [1.165, 1.54) is 24.4 Å². The fraction of sp³-hybridized carbons (Fsp3) is 0.462. The summed E-state index contributed by atoms with van der Waals surface area (Å²) in [4.78, 5) is 11.2. The van der Waals surface area contributed by atoms with E-state index in [1.807, 2.05) is 0 Å². The van der Waals surface area contributed by atoms with Crippen molar-refractivity contribution in [3.8, 4) is 5.75 Å². The number of hydrogen-bond acceptors (Lipinski definition) is 4. The van der Waals surface area contributed by atoms with Gasteiger partial charge in [0.05, 0.1) is 7.11 Å². The van der Waals surface area contributed by atoms with Crippen LogP contribution in [-0.4, -0.2) is 38.8 Å². The van der Waals surface area contributed by atoms with E-state index in [9.17, 15) is 13.2 Å². The van der Waals surface area contributed by atoms with Crippen molar-refractivity contribution < 1.29 is 17.9 Å². The van der Waals surface area contributed by atoms with E-state index in [1.54, 1.807) is 12.1 Å². The third-order valence-corrected chi connectivity index (χ3v) is 5.09. The molecule has 0 bridgehead atoms. The van der Waals surface area contributed by atoms with Crippen molar-refractivity contribution in [1.29, 1.82) is 0 Å². The molecule has 20 heavy (non-hydrogen) atoms. The fourth-order valence-electron chi connectivity index (χ4n) is 2.23. The molecular weight excluding hydrogens is 280 g/mol. The van der Waals surface area contributed by atoms with Crippen molar-refractivity contribution in [1.82, 2.24) is 4.31 Å². The summed E-state index contributed by atoms with van der Waals surface area (Å²) < 4.78 is 31.8. The smallest absolute Gasteiger partial charge is 0.246 e. The number of carbonyl (C=O) groups excluding carboxylic acids is 1. The number of benzene rings is 1. The standard InChI is InChI=1S/C13H18N2O4S/c1-10(16)14-11-5-6-12(19-2)13(9-11)20(17,18)15-7-3-4-8-15/h5-6,9H,3-4,7-8H2,1-2H3,(H,14,16). The zero-order chi connectivity index (χ0) is 14.8. The van der Waals surface area contributed by atoms with Crippen LogP contribution in [0.1, 0.15) is 19.8 Å². The third kappa shape index (κ3) is 2.94. The summed E-state index contributed by atoms with van der Waals surface area (Å²) in [6.45, 7) is 2.42. The van der Waals surface area contributed by atoms with Gasteiger partial charge in [-0.05, 0) is 31.0 Å². The lowest BCUT2D eigenvalue weighted by Gasteiger charge is -2.18. The maximum atomic E-state index is 12.6. The molecule has 0 radical (unpaired) electrons. The molecule has 1 aliphatic rings. The molecule has 2 rings (SSSR count). The number of nitrogens with one attached hydrogen (secondary N) is 1. The highest BCUT2D eigenvalue weighted by atomic mass is 32.2. The molecule has 1 aliphatic heterocycles. The maximum Gasteiger partial charge on any atom is 0.246 e. The number of ether oxygens (including phenoxy) is 1. The predicted molar refractivity (Wildman–Crippen MR) is 75.3 cm³/mol. The zero-order valence-corrected chi connectivity index (χ0v) is 12.4. The van der Waals surface area contributed by atoms with E-state index >= 15 is 0 Å². The summed E-state index contributed by atoms with van der Waals surface area (Å²) in [5, 5.41) is 2.58. The third-order valence-electron chi connectivity index (χ3n) is 3.17. The van der Waals surface area contributed by atoms with Gasteiger partial charge in [0, 0.05) is 25.7 Å². The summed E-state index contributed by atoms with van der Waals surface area (Å²) >= 11 is 0. The Labute approximate surface area is 118 Å². The summed E-state index contributed by atoms with van der Waals surface area (Å²) in [7, 11) is -2.16. The number of sulfonamides is 1. The van der Waals surface area contributed by atoms with Gasteiger partial charge in [-0.25, -0.2) is 8.42 Å². The van der Waals surface area contributed by atoms with Crippen LogP contribution in [0.2, 0.25) is 0 Å². The predicted octanol–water partition coefficient (Wildman–Crippen LogP) is 1.44. The van der Waals surface area contributed by atoms with E-state index < -0.39 is 10.0 Å². The van der Waals surface area contributed by atoms with Crippen molar-refractivity contribution in [2.75, 3.05) is 25.5 Å². The first-order valence-corrected chi connectivity index (χ1v) is 7.85. The summed E-state index contributed by atoms with van der Waals surface area (Å²) in [6.07, 6.45) is 1.74.